The first kappa shape index (κ1) is 14.0. The van der Waals surface area contributed by atoms with E-state index in [4.69, 9.17) is 0 Å². The van der Waals surface area contributed by atoms with Gasteiger partial charge >= 0.3 is 0 Å². The van der Waals surface area contributed by atoms with Crippen molar-refractivity contribution in [3.8, 4) is 0 Å². The third kappa shape index (κ3) is 4.84. The highest BCUT2D eigenvalue weighted by atomic mass is 15.2. The Balaban J connectivity index is 2.27. The summed E-state index contributed by atoms with van der Waals surface area (Å²) in [4.78, 5) is 2.68. The molecule has 1 N–H and O–H groups in total. The molecule has 0 amide bonds. The molecule has 1 rings (SSSR count). The Kier molecular flexibility index (Phi) is 7.06. The van der Waals surface area contributed by atoms with Crippen LogP contribution in [-0.4, -0.2) is 37.1 Å². The fourth-order valence-corrected chi connectivity index (χ4v) is 2.65. The molecule has 1 aliphatic rings. The van der Waals surface area contributed by atoms with Crippen molar-refractivity contribution in [2.75, 3.05) is 26.2 Å². The van der Waals surface area contributed by atoms with Crippen molar-refractivity contribution < 1.29 is 0 Å². The maximum Gasteiger partial charge on any atom is 0.0192 e. The Hall–Kier alpha value is -0.0800. The van der Waals surface area contributed by atoms with E-state index in [1.807, 2.05) is 0 Å². The summed E-state index contributed by atoms with van der Waals surface area (Å²) in [5, 5.41) is 3.66. The molecule has 0 aromatic rings. The molecular weight excluding hydrogens is 196 g/mol. The van der Waals surface area contributed by atoms with Gasteiger partial charge in [-0.3, -0.25) is 0 Å². The quantitative estimate of drug-likeness (QED) is 0.718. The monoisotopic (exact) mass is 226 g/mol. The fourth-order valence-electron chi connectivity index (χ4n) is 2.65. The number of rotatable bonds is 7. The van der Waals surface area contributed by atoms with Crippen molar-refractivity contribution >= 4 is 0 Å². The highest BCUT2D eigenvalue weighted by molar-refractivity contribution is 4.76. The third-order valence-electron chi connectivity index (χ3n) is 3.83. The summed E-state index contributed by atoms with van der Waals surface area (Å²) < 4.78 is 0. The van der Waals surface area contributed by atoms with Crippen LogP contribution < -0.4 is 5.32 Å². The second-order valence-corrected chi connectivity index (χ2v) is 5.24. The van der Waals surface area contributed by atoms with Gasteiger partial charge in [0.1, 0.15) is 0 Å². The van der Waals surface area contributed by atoms with Crippen LogP contribution in [0.25, 0.3) is 0 Å². The molecule has 0 radical (unpaired) electrons. The minimum atomic E-state index is 0.704. The molecule has 96 valence electrons. The second-order valence-electron chi connectivity index (χ2n) is 5.24. The normalized spacial score (nSPS) is 24.6. The predicted molar refractivity (Wildman–Crippen MR) is 71.8 cm³/mol. The van der Waals surface area contributed by atoms with Crippen molar-refractivity contribution in [2.24, 2.45) is 5.92 Å². The van der Waals surface area contributed by atoms with E-state index >= 15 is 0 Å². The van der Waals surface area contributed by atoms with Gasteiger partial charge in [0.25, 0.3) is 0 Å². The van der Waals surface area contributed by atoms with Crippen LogP contribution in [0, 0.1) is 5.92 Å². The Morgan fingerprint density at radius 3 is 2.75 bits per heavy atom. The van der Waals surface area contributed by atoms with E-state index in [2.05, 4.69) is 31.0 Å². The Morgan fingerprint density at radius 2 is 2.12 bits per heavy atom. The first-order valence-electron chi connectivity index (χ1n) is 7.25. The van der Waals surface area contributed by atoms with Crippen LogP contribution in [0.4, 0.5) is 0 Å². The smallest absolute Gasteiger partial charge is 0.0192 e. The van der Waals surface area contributed by atoms with Gasteiger partial charge in [0.15, 0.2) is 0 Å². The van der Waals surface area contributed by atoms with Crippen LogP contribution in [0.1, 0.15) is 52.9 Å². The van der Waals surface area contributed by atoms with Gasteiger partial charge in [-0.1, -0.05) is 27.2 Å². The van der Waals surface area contributed by atoms with Gasteiger partial charge in [-0.05, 0) is 44.7 Å². The van der Waals surface area contributed by atoms with E-state index < -0.39 is 0 Å². The molecule has 1 aliphatic heterocycles. The summed E-state index contributed by atoms with van der Waals surface area (Å²) in [6, 6.07) is 0.704. The molecule has 1 fully saturated rings. The number of nitrogens with one attached hydrogen (secondary N) is 1. The lowest BCUT2D eigenvalue weighted by atomic mass is 9.95. The molecule has 16 heavy (non-hydrogen) atoms. The van der Waals surface area contributed by atoms with Crippen LogP contribution in [0.2, 0.25) is 0 Å². The van der Waals surface area contributed by atoms with Gasteiger partial charge < -0.3 is 10.2 Å². The zero-order valence-corrected chi connectivity index (χ0v) is 11.5. The van der Waals surface area contributed by atoms with E-state index in [0.717, 1.165) is 5.92 Å². The van der Waals surface area contributed by atoms with Gasteiger partial charge in [-0.15, -0.1) is 0 Å². The number of likely N-dealkylation sites (tertiary alicyclic amines) is 1. The molecule has 2 heteroatoms. The van der Waals surface area contributed by atoms with E-state index in [-0.39, 0.29) is 0 Å². The maximum absolute atomic E-state index is 3.66. The van der Waals surface area contributed by atoms with Crippen molar-refractivity contribution in [1.82, 2.24) is 10.2 Å². The number of nitrogens with zero attached hydrogens (tertiary/aromatic N) is 1. The van der Waals surface area contributed by atoms with Crippen molar-refractivity contribution in [3.05, 3.63) is 0 Å². The lowest BCUT2D eigenvalue weighted by Gasteiger charge is -2.34. The molecule has 1 saturated heterocycles. The molecule has 2 atom stereocenters. The molecule has 0 aromatic carbocycles. The van der Waals surface area contributed by atoms with Crippen LogP contribution in [-0.2, 0) is 0 Å². The number of piperidine rings is 1. The zero-order valence-electron chi connectivity index (χ0n) is 11.5. The summed E-state index contributed by atoms with van der Waals surface area (Å²) in [5.74, 6) is 0.956. The highest BCUT2D eigenvalue weighted by Crippen LogP contribution is 2.19. The third-order valence-corrected chi connectivity index (χ3v) is 3.83. The Bertz CT molecular complexity index is 170. The second kappa shape index (κ2) is 8.08. The lowest BCUT2D eigenvalue weighted by Crippen LogP contribution is -2.45. The van der Waals surface area contributed by atoms with Gasteiger partial charge in [-0.2, -0.15) is 0 Å². The predicted octanol–water partition coefficient (Wildman–Crippen LogP) is 2.89. The fraction of sp³-hybridized carbons (Fsp3) is 1.00. The van der Waals surface area contributed by atoms with Gasteiger partial charge in [0.05, 0.1) is 0 Å². The average Bonchev–Trinajstić information content (AvgIpc) is 2.34. The van der Waals surface area contributed by atoms with Crippen molar-refractivity contribution in [3.63, 3.8) is 0 Å². The number of hydrogen-bond acceptors (Lipinski definition) is 2. The molecule has 0 aliphatic carbocycles. The summed E-state index contributed by atoms with van der Waals surface area (Å²) >= 11 is 0. The maximum atomic E-state index is 3.66. The van der Waals surface area contributed by atoms with Crippen molar-refractivity contribution in [1.29, 1.82) is 0 Å². The first-order chi connectivity index (χ1) is 7.80. The Labute approximate surface area is 102 Å². The first-order valence-corrected chi connectivity index (χ1v) is 7.25. The molecule has 0 saturated carbocycles. The SMILES string of the molecule is CCCNC(CC)CN1CCCC(CC)C1. The van der Waals surface area contributed by atoms with Crippen LogP contribution in [0.15, 0.2) is 0 Å². The number of hydrogen-bond donors (Lipinski definition) is 1. The standard InChI is InChI=1S/C14H30N2/c1-4-9-15-14(6-3)12-16-10-7-8-13(5-2)11-16/h13-15H,4-12H2,1-3H3. The summed E-state index contributed by atoms with van der Waals surface area (Å²) in [7, 11) is 0. The van der Waals surface area contributed by atoms with Crippen LogP contribution in [0.5, 0.6) is 0 Å². The van der Waals surface area contributed by atoms with Gasteiger partial charge in [0.2, 0.25) is 0 Å². The molecular formula is C14H30N2. The van der Waals surface area contributed by atoms with Crippen LogP contribution in [0.3, 0.4) is 0 Å². The van der Waals surface area contributed by atoms with E-state index in [1.54, 1.807) is 0 Å². The van der Waals surface area contributed by atoms with E-state index in [1.165, 1.54) is 58.3 Å². The minimum Gasteiger partial charge on any atom is -0.313 e. The molecule has 0 spiro atoms. The molecule has 2 unspecified atom stereocenters. The van der Waals surface area contributed by atoms with Gasteiger partial charge in [0, 0.05) is 19.1 Å². The zero-order chi connectivity index (χ0) is 11.8. The lowest BCUT2D eigenvalue weighted by molar-refractivity contribution is 0.155. The van der Waals surface area contributed by atoms with Crippen molar-refractivity contribution in [2.45, 2.75) is 58.9 Å². The average molecular weight is 226 g/mol. The van der Waals surface area contributed by atoms with E-state index in [9.17, 15) is 0 Å². The topological polar surface area (TPSA) is 15.3 Å². The van der Waals surface area contributed by atoms with E-state index in [0.29, 0.717) is 6.04 Å². The largest absolute Gasteiger partial charge is 0.313 e. The molecule has 0 aromatic heterocycles. The Morgan fingerprint density at radius 1 is 1.31 bits per heavy atom. The summed E-state index contributed by atoms with van der Waals surface area (Å²) in [6.07, 6.45) is 6.71. The molecule has 0 bridgehead atoms. The summed E-state index contributed by atoms with van der Waals surface area (Å²) in [6.45, 7) is 12.0. The van der Waals surface area contributed by atoms with Crippen LogP contribution >= 0.6 is 0 Å². The van der Waals surface area contributed by atoms with Gasteiger partial charge in [-0.25, -0.2) is 0 Å². The summed E-state index contributed by atoms with van der Waals surface area (Å²) in [5.41, 5.74) is 0. The highest BCUT2D eigenvalue weighted by Gasteiger charge is 2.20. The molecule has 1 heterocycles. The minimum absolute atomic E-state index is 0.704. The molecule has 2 nitrogen and oxygen atoms in total.